The highest BCUT2D eigenvalue weighted by Gasteiger charge is 2.49. The molecule has 3 heterocycles. The predicted molar refractivity (Wildman–Crippen MR) is 63.1 cm³/mol. The van der Waals surface area contributed by atoms with Gasteiger partial charge >= 0.3 is 15.6 Å². The summed E-state index contributed by atoms with van der Waals surface area (Å²) in [4.78, 5) is 0. The smallest absolute Gasteiger partial charge is 0.463 e. The molecule has 0 amide bonds. The first-order chi connectivity index (χ1) is 9.71. The Hall–Kier alpha value is -2.30. The highest BCUT2D eigenvalue weighted by Crippen LogP contribution is 2.31. The highest BCUT2D eigenvalue weighted by atomic mass is 32.2. The first-order valence-electron chi connectivity index (χ1n) is 5.43. The molecule has 0 spiro atoms. The van der Waals surface area contributed by atoms with Crippen LogP contribution in [-0.2, 0) is 10.1 Å². The van der Waals surface area contributed by atoms with Gasteiger partial charge in [0.2, 0.25) is 0 Å². The van der Waals surface area contributed by atoms with Gasteiger partial charge in [0.15, 0.2) is 5.58 Å². The van der Waals surface area contributed by atoms with Crippen LogP contribution in [0.2, 0.25) is 0 Å². The van der Waals surface area contributed by atoms with Crippen molar-refractivity contribution in [1.82, 2.24) is 14.6 Å². The van der Waals surface area contributed by atoms with Crippen molar-refractivity contribution in [3.05, 3.63) is 24.2 Å². The molecule has 3 rings (SSSR count). The number of rotatable bonds is 2. The molecule has 0 aliphatic heterocycles. The molecule has 0 radical (unpaired) electrons. The van der Waals surface area contributed by atoms with Gasteiger partial charge in [-0.25, -0.2) is 0 Å². The topological polar surface area (TPSA) is 86.7 Å². The van der Waals surface area contributed by atoms with Crippen molar-refractivity contribution in [2.24, 2.45) is 0 Å². The monoisotopic (exact) mass is 321 g/mol. The summed E-state index contributed by atoms with van der Waals surface area (Å²) in [7, 11) is -5.82. The van der Waals surface area contributed by atoms with Crippen molar-refractivity contribution >= 4 is 26.7 Å². The van der Waals surface area contributed by atoms with Gasteiger partial charge in [0.25, 0.3) is 5.88 Å². The average molecular weight is 321 g/mol. The molecule has 11 heteroatoms. The Labute approximate surface area is 115 Å². The molecule has 112 valence electrons. The molecule has 0 aromatic carbocycles. The van der Waals surface area contributed by atoms with Crippen LogP contribution in [0, 0.1) is 6.92 Å². The van der Waals surface area contributed by atoms with Crippen molar-refractivity contribution in [3.63, 3.8) is 0 Å². The number of alkyl halides is 3. The zero-order valence-corrected chi connectivity index (χ0v) is 11.1. The highest BCUT2D eigenvalue weighted by molar-refractivity contribution is 7.88. The Morgan fingerprint density at radius 1 is 1.29 bits per heavy atom. The Kier molecular flexibility index (Phi) is 2.67. The molecule has 0 saturated carbocycles. The fraction of sp³-hybridized carbons (Fsp3) is 0.200. The fourth-order valence-corrected chi connectivity index (χ4v) is 2.28. The van der Waals surface area contributed by atoms with E-state index >= 15 is 0 Å². The van der Waals surface area contributed by atoms with E-state index in [9.17, 15) is 21.6 Å². The van der Waals surface area contributed by atoms with Crippen LogP contribution >= 0.6 is 0 Å². The summed E-state index contributed by atoms with van der Waals surface area (Å²) in [5.41, 5.74) is -4.71. The molecule has 3 aromatic heterocycles. The van der Waals surface area contributed by atoms with Crippen LogP contribution in [-0.4, -0.2) is 28.5 Å². The molecule has 0 N–H and O–H groups in total. The van der Waals surface area contributed by atoms with Gasteiger partial charge < -0.3 is 8.60 Å². The van der Waals surface area contributed by atoms with E-state index in [1.165, 1.54) is 16.7 Å². The molecule has 0 atom stereocenters. The summed E-state index contributed by atoms with van der Waals surface area (Å²) in [6.45, 7) is 1.55. The summed E-state index contributed by atoms with van der Waals surface area (Å²) < 4.78 is 69.7. The third-order valence-corrected chi connectivity index (χ3v) is 3.67. The number of nitrogens with zero attached hydrogens (tertiary/aromatic N) is 3. The maximum absolute atomic E-state index is 12.4. The molecule has 3 aromatic rings. The number of hydrogen-bond donors (Lipinski definition) is 0. The van der Waals surface area contributed by atoms with Crippen molar-refractivity contribution in [1.29, 1.82) is 0 Å². The van der Waals surface area contributed by atoms with Crippen LogP contribution in [0.25, 0.3) is 16.6 Å². The maximum Gasteiger partial charge on any atom is 0.534 e. The van der Waals surface area contributed by atoms with Crippen LogP contribution in [0.4, 0.5) is 13.2 Å². The van der Waals surface area contributed by atoms with E-state index in [4.69, 9.17) is 4.42 Å². The minimum atomic E-state index is -5.82. The lowest BCUT2D eigenvalue weighted by atomic mass is 10.5. The number of halogens is 3. The van der Waals surface area contributed by atoms with Gasteiger partial charge in [-0.15, -0.1) is 10.2 Å². The van der Waals surface area contributed by atoms with Crippen molar-refractivity contribution in [3.8, 4) is 5.88 Å². The van der Waals surface area contributed by atoms with Crippen molar-refractivity contribution in [2.45, 2.75) is 12.4 Å². The van der Waals surface area contributed by atoms with Crippen LogP contribution in [0.1, 0.15) is 5.82 Å². The number of hydrogen-bond acceptors (Lipinski definition) is 6. The summed E-state index contributed by atoms with van der Waals surface area (Å²) in [5.74, 6) is -0.442. The van der Waals surface area contributed by atoms with Gasteiger partial charge in [-0.05, 0) is 6.92 Å². The van der Waals surface area contributed by atoms with Crippen LogP contribution in [0.5, 0.6) is 5.88 Å². The van der Waals surface area contributed by atoms with Gasteiger partial charge in [-0.1, -0.05) is 0 Å². The largest absolute Gasteiger partial charge is 0.534 e. The van der Waals surface area contributed by atoms with E-state index < -0.39 is 21.5 Å². The predicted octanol–water partition coefficient (Wildman–Crippen LogP) is 2.01. The van der Waals surface area contributed by atoms with E-state index in [0.29, 0.717) is 16.9 Å². The van der Waals surface area contributed by atoms with E-state index in [0.717, 1.165) is 0 Å². The third-order valence-electron chi connectivity index (χ3n) is 2.72. The quantitative estimate of drug-likeness (QED) is 0.530. The van der Waals surface area contributed by atoms with Gasteiger partial charge in [0, 0.05) is 12.1 Å². The van der Waals surface area contributed by atoms with Crippen molar-refractivity contribution in [2.75, 3.05) is 0 Å². The molecule has 0 saturated heterocycles. The molecular formula is C10H6F3N3O4S. The molecule has 0 unspecified atom stereocenters. The SMILES string of the molecule is Cc1nnc(OS(=O)(=O)C(F)(F)F)c2cc3occc3n12. The standard InChI is InChI=1S/C10H6F3N3O4S/c1-5-14-15-9(20-21(17,18)10(11,12)13)7-4-8-6(16(5)7)2-3-19-8/h2-4H,1H3. The lowest BCUT2D eigenvalue weighted by Gasteiger charge is -2.09. The summed E-state index contributed by atoms with van der Waals surface area (Å²) in [5, 5.41) is 6.96. The first-order valence-corrected chi connectivity index (χ1v) is 6.84. The molecule has 0 aliphatic carbocycles. The average Bonchev–Trinajstić information content (AvgIpc) is 2.91. The normalized spacial score (nSPS) is 13.1. The number of aromatic nitrogens is 3. The molecule has 0 bridgehead atoms. The van der Waals surface area contributed by atoms with Crippen LogP contribution < -0.4 is 4.18 Å². The van der Waals surface area contributed by atoms with Crippen molar-refractivity contribution < 1.29 is 30.2 Å². The van der Waals surface area contributed by atoms with Crippen LogP contribution in [0.3, 0.4) is 0 Å². The van der Waals surface area contributed by atoms with E-state index in [1.54, 1.807) is 13.0 Å². The number of furan rings is 1. The molecule has 0 aliphatic rings. The molecule has 21 heavy (non-hydrogen) atoms. The van der Waals surface area contributed by atoms with Crippen LogP contribution in [0.15, 0.2) is 22.8 Å². The minimum Gasteiger partial charge on any atom is -0.463 e. The Morgan fingerprint density at radius 3 is 2.67 bits per heavy atom. The Morgan fingerprint density at radius 2 is 2.00 bits per heavy atom. The number of aryl methyl sites for hydroxylation is 1. The number of fused-ring (bicyclic) bond motifs is 3. The van der Waals surface area contributed by atoms with Gasteiger partial charge in [0.05, 0.1) is 11.8 Å². The maximum atomic E-state index is 12.4. The summed E-state index contributed by atoms with van der Waals surface area (Å²) >= 11 is 0. The van der Waals surface area contributed by atoms with Gasteiger partial charge in [-0.3, -0.25) is 4.40 Å². The zero-order chi connectivity index (χ0) is 15.4. The van der Waals surface area contributed by atoms with E-state index in [2.05, 4.69) is 14.4 Å². The van der Waals surface area contributed by atoms with Gasteiger partial charge in [-0.2, -0.15) is 21.6 Å². The molecule has 0 fully saturated rings. The molecule has 7 nitrogen and oxygen atoms in total. The Balaban J connectivity index is 2.23. The zero-order valence-electron chi connectivity index (χ0n) is 10.2. The van der Waals surface area contributed by atoms with E-state index in [1.807, 2.05) is 0 Å². The summed E-state index contributed by atoms with van der Waals surface area (Å²) in [6, 6.07) is 2.87. The van der Waals surface area contributed by atoms with Gasteiger partial charge in [0.1, 0.15) is 11.3 Å². The molecular weight excluding hydrogens is 315 g/mol. The lowest BCUT2D eigenvalue weighted by molar-refractivity contribution is -0.0501. The Bertz CT molecular complexity index is 942. The first kappa shape index (κ1) is 13.7. The second-order valence-corrected chi connectivity index (χ2v) is 5.61. The van der Waals surface area contributed by atoms with E-state index in [-0.39, 0.29) is 5.52 Å². The fourth-order valence-electron chi connectivity index (χ4n) is 1.86. The lowest BCUT2D eigenvalue weighted by Crippen LogP contribution is -2.28. The minimum absolute atomic E-state index is 0.00433. The third kappa shape index (κ3) is 2.00. The second kappa shape index (κ2) is 4.10. The second-order valence-electron chi connectivity index (χ2n) is 4.07. The summed E-state index contributed by atoms with van der Waals surface area (Å²) in [6.07, 6.45) is 1.38.